The Bertz CT molecular complexity index is 1110. The number of halogens is 2. The van der Waals surface area contributed by atoms with Crippen LogP contribution in [0.25, 0.3) is 11.0 Å². The van der Waals surface area contributed by atoms with Gasteiger partial charge in [-0.1, -0.05) is 0 Å². The Labute approximate surface area is 182 Å². The summed E-state index contributed by atoms with van der Waals surface area (Å²) in [6.45, 7) is -0.134. The minimum atomic E-state index is -3.03. The molecule has 11 heteroatoms. The Kier molecular flexibility index (Phi) is 5.80. The van der Waals surface area contributed by atoms with E-state index in [4.69, 9.17) is 9.47 Å². The van der Waals surface area contributed by atoms with Crippen LogP contribution < -0.4 is 15.9 Å². The average molecular weight is 452 g/mol. The number of hydrogen-bond donors (Lipinski definition) is 1. The number of alkyl halides is 2. The molecule has 4 rings (SSSR count). The van der Waals surface area contributed by atoms with Crippen molar-refractivity contribution in [2.24, 2.45) is 13.0 Å². The van der Waals surface area contributed by atoms with Crippen LogP contribution in [0.2, 0.25) is 0 Å². The SMILES string of the molecule is COC(OC)C1CCN(c2ccc3c(c2)n(C)c(=O)n3C2CCC(=O)NC2=O)CC1(F)F. The van der Waals surface area contributed by atoms with E-state index in [9.17, 15) is 23.2 Å². The molecule has 0 aliphatic carbocycles. The van der Waals surface area contributed by atoms with Crippen molar-refractivity contribution in [3.05, 3.63) is 28.7 Å². The molecule has 0 bridgehead atoms. The molecule has 2 amide bonds. The summed E-state index contributed by atoms with van der Waals surface area (Å²) in [5.74, 6) is -4.98. The summed E-state index contributed by atoms with van der Waals surface area (Å²) in [6, 6.07) is 4.21. The van der Waals surface area contributed by atoms with Crippen molar-refractivity contribution >= 4 is 28.5 Å². The van der Waals surface area contributed by atoms with Crippen LogP contribution in [-0.4, -0.2) is 60.5 Å². The average Bonchev–Trinajstić information content (AvgIpc) is 3.00. The van der Waals surface area contributed by atoms with Crippen molar-refractivity contribution in [3.8, 4) is 0 Å². The van der Waals surface area contributed by atoms with Gasteiger partial charge in [0.1, 0.15) is 6.04 Å². The number of ether oxygens (including phenoxy) is 2. The Morgan fingerprint density at radius 1 is 1.12 bits per heavy atom. The fraction of sp³-hybridized carbons (Fsp3) is 0.571. The molecule has 2 unspecified atom stereocenters. The molecule has 2 aliphatic rings. The van der Waals surface area contributed by atoms with Gasteiger partial charge in [-0.05, 0) is 31.0 Å². The second-order valence-corrected chi connectivity index (χ2v) is 8.27. The van der Waals surface area contributed by atoms with Crippen molar-refractivity contribution in [1.82, 2.24) is 14.5 Å². The number of carbonyl (C=O) groups is 2. The van der Waals surface area contributed by atoms with Gasteiger partial charge in [0.25, 0.3) is 5.92 Å². The molecule has 1 N–H and O–H groups in total. The zero-order chi connectivity index (χ0) is 23.2. The first-order valence-corrected chi connectivity index (χ1v) is 10.4. The number of rotatable bonds is 5. The van der Waals surface area contributed by atoms with Crippen molar-refractivity contribution in [2.75, 3.05) is 32.2 Å². The number of piperidine rings is 2. The number of benzene rings is 1. The summed E-state index contributed by atoms with van der Waals surface area (Å²) >= 11 is 0. The number of nitrogens with one attached hydrogen (secondary N) is 1. The molecule has 0 radical (unpaired) electrons. The number of methoxy groups -OCH3 is 2. The van der Waals surface area contributed by atoms with Gasteiger partial charge in [0.2, 0.25) is 11.8 Å². The molecule has 1 aromatic heterocycles. The molecular weight excluding hydrogens is 426 g/mol. The van der Waals surface area contributed by atoms with Crippen LogP contribution in [0.3, 0.4) is 0 Å². The van der Waals surface area contributed by atoms with E-state index in [1.165, 1.54) is 23.4 Å². The van der Waals surface area contributed by atoms with Gasteiger partial charge < -0.3 is 14.4 Å². The van der Waals surface area contributed by atoms with E-state index < -0.39 is 42.3 Å². The van der Waals surface area contributed by atoms with Crippen molar-refractivity contribution < 1.29 is 27.8 Å². The van der Waals surface area contributed by atoms with Crippen molar-refractivity contribution in [3.63, 3.8) is 0 Å². The molecule has 32 heavy (non-hydrogen) atoms. The second kappa shape index (κ2) is 8.28. The lowest BCUT2D eigenvalue weighted by Gasteiger charge is -2.41. The summed E-state index contributed by atoms with van der Waals surface area (Å²) in [5, 5.41) is 2.27. The molecule has 0 spiro atoms. The number of imide groups is 1. The summed E-state index contributed by atoms with van der Waals surface area (Å²) in [6.07, 6.45) is -0.442. The Morgan fingerprint density at radius 3 is 2.47 bits per heavy atom. The fourth-order valence-corrected chi connectivity index (χ4v) is 4.72. The van der Waals surface area contributed by atoms with Gasteiger partial charge in [0.05, 0.1) is 23.5 Å². The number of aryl methyl sites for hydroxylation is 1. The maximum absolute atomic E-state index is 14.9. The van der Waals surface area contributed by atoms with Gasteiger partial charge in [-0.15, -0.1) is 0 Å². The third-order valence-electron chi connectivity index (χ3n) is 6.41. The van der Waals surface area contributed by atoms with E-state index in [1.54, 1.807) is 30.1 Å². The summed E-state index contributed by atoms with van der Waals surface area (Å²) in [7, 11) is 4.26. The normalized spacial score (nSPS) is 23.8. The van der Waals surface area contributed by atoms with E-state index in [1.807, 2.05) is 0 Å². The molecule has 1 aromatic carbocycles. The van der Waals surface area contributed by atoms with Gasteiger partial charge in [0, 0.05) is 39.9 Å². The van der Waals surface area contributed by atoms with Crippen LogP contribution >= 0.6 is 0 Å². The largest absolute Gasteiger partial charge is 0.365 e. The first kappa shape index (κ1) is 22.4. The number of hydrogen-bond acceptors (Lipinski definition) is 6. The van der Waals surface area contributed by atoms with Crippen LogP contribution in [0.5, 0.6) is 0 Å². The van der Waals surface area contributed by atoms with Crippen LogP contribution in [0.1, 0.15) is 25.3 Å². The van der Waals surface area contributed by atoms with Crippen LogP contribution in [0.15, 0.2) is 23.0 Å². The highest BCUT2D eigenvalue weighted by atomic mass is 19.3. The first-order valence-electron chi connectivity index (χ1n) is 10.4. The lowest BCUT2D eigenvalue weighted by molar-refractivity contribution is -0.206. The number of anilines is 1. The lowest BCUT2D eigenvalue weighted by atomic mass is 9.91. The smallest absolute Gasteiger partial charge is 0.329 e. The van der Waals surface area contributed by atoms with Gasteiger partial charge in [-0.2, -0.15) is 0 Å². The Balaban J connectivity index is 1.66. The minimum Gasteiger partial charge on any atom is -0.365 e. The molecule has 2 fully saturated rings. The second-order valence-electron chi connectivity index (χ2n) is 8.27. The topological polar surface area (TPSA) is 94.8 Å². The third-order valence-corrected chi connectivity index (χ3v) is 6.41. The van der Waals surface area contributed by atoms with Crippen molar-refractivity contribution in [2.45, 2.75) is 37.5 Å². The van der Waals surface area contributed by atoms with Crippen LogP contribution in [0, 0.1) is 5.92 Å². The quantitative estimate of drug-likeness (QED) is 0.545. The third kappa shape index (κ3) is 3.69. The molecule has 9 nitrogen and oxygen atoms in total. The highest BCUT2D eigenvalue weighted by Crippen LogP contribution is 2.38. The molecular formula is C21H26F2N4O5. The number of amides is 2. The lowest BCUT2D eigenvalue weighted by Crippen LogP contribution is -2.53. The number of carbonyl (C=O) groups excluding carboxylic acids is 2. The van der Waals surface area contributed by atoms with Gasteiger partial charge in [-0.25, -0.2) is 13.6 Å². The molecule has 2 aliphatic heterocycles. The van der Waals surface area contributed by atoms with Crippen molar-refractivity contribution in [1.29, 1.82) is 0 Å². The van der Waals surface area contributed by atoms with E-state index in [-0.39, 0.29) is 25.2 Å². The fourth-order valence-electron chi connectivity index (χ4n) is 4.72. The molecule has 0 saturated carbocycles. The van der Waals surface area contributed by atoms with E-state index in [2.05, 4.69) is 5.32 Å². The molecule has 174 valence electrons. The molecule has 2 atom stereocenters. The predicted molar refractivity (Wildman–Crippen MR) is 112 cm³/mol. The highest BCUT2D eigenvalue weighted by Gasteiger charge is 2.49. The number of aromatic nitrogens is 2. The van der Waals surface area contributed by atoms with Gasteiger partial charge >= 0.3 is 5.69 Å². The monoisotopic (exact) mass is 452 g/mol. The van der Waals surface area contributed by atoms with E-state index in [0.29, 0.717) is 23.3 Å². The van der Waals surface area contributed by atoms with Crippen LogP contribution in [0.4, 0.5) is 14.5 Å². The molecule has 2 aromatic rings. The number of imidazole rings is 1. The molecule has 3 heterocycles. The van der Waals surface area contributed by atoms with Gasteiger partial charge in [-0.3, -0.25) is 24.0 Å². The minimum absolute atomic E-state index is 0.144. The summed E-state index contributed by atoms with van der Waals surface area (Å²) < 4.78 is 42.6. The Morgan fingerprint density at radius 2 is 1.84 bits per heavy atom. The maximum atomic E-state index is 14.9. The summed E-state index contributed by atoms with van der Waals surface area (Å²) in [5.41, 5.74) is 1.18. The number of fused-ring (bicyclic) bond motifs is 1. The van der Waals surface area contributed by atoms with E-state index >= 15 is 0 Å². The maximum Gasteiger partial charge on any atom is 0.329 e. The predicted octanol–water partition coefficient (Wildman–Crippen LogP) is 1.40. The number of nitrogens with zero attached hydrogens (tertiary/aromatic N) is 3. The molecule has 2 saturated heterocycles. The summed E-state index contributed by atoms with van der Waals surface area (Å²) in [4.78, 5) is 38.3. The zero-order valence-corrected chi connectivity index (χ0v) is 18.1. The standard InChI is InChI=1S/C21H26F2N4O5/c1-25-16-10-12(26-9-8-13(19(31-2)32-3)21(22,23)11-26)4-5-14(16)27(20(25)30)15-6-7-17(28)24-18(15)29/h4-5,10,13,15,19H,6-9,11H2,1-3H3,(H,24,28,29). The van der Waals surface area contributed by atoms with Crippen LogP contribution in [-0.2, 0) is 26.1 Å². The zero-order valence-electron chi connectivity index (χ0n) is 18.1. The first-order chi connectivity index (χ1) is 15.2. The van der Waals surface area contributed by atoms with Gasteiger partial charge in [0.15, 0.2) is 6.29 Å². The Hall–Kier alpha value is -2.79. The highest BCUT2D eigenvalue weighted by molar-refractivity contribution is 6.00. The van der Waals surface area contributed by atoms with E-state index in [0.717, 1.165) is 0 Å².